The summed E-state index contributed by atoms with van der Waals surface area (Å²) < 4.78 is 5.19. The molecule has 26 heavy (non-hydrogen) atoms. The highest BCUT2D eigenvalue weighted by Gasteiger charge is 2.12. The summed E-state index contributed by atoms with van der Waals surface area (Å²) in [7, 11) is 1.59. The first-order chi connectivity index (χ1) is 12.6. The molecule has 0 aliphatic heterocycles. The number of nitrogens with zero attached hydrogens (tertiary/aromatic N) is 4. The van der Waals surface area contributed by atoms with Crippen molar-refractivity contribution in [3.8, 4) is 11.8 Å². The van der Waals surface area contributed by atoms with Gasteiger partial charge in [0.25, 0.3) is 0 Å². The molecular weight excluding hydrogens is 370 g/mol. The second-order valence-electron chi connectivity index (χ2n) is 5.20. The second kappa shape index (κ2) is 8.12. The Kier molecular flexibility index (Phi) is 5.65. The Bertz CT molecular complexity index is 996. The number of aryl methyl sites for hydroxylation is 1. The predicted molar refractivity (Wildman–Crippen MR) is 102 cm³/mol. The molecule has 0 saturated heterocycles. The van der Waals surface area contributed by atoms with Gasteiger partial charge in [-0.1, -0.05) is 30.0 Å². The van der Waals surface area contributed by atoms with Crippen molar-refractivity contribution in [3.63, 3.8) is 0 Å². The average molecular weight is 385 g/mol. The number of rotatable bonds is 6. The monoisotopic (exact) mass is 385 g/mol. The number of anilines is 1. The van der Waals surface area contributed by atoms with Crippen LogP contribution in [0, 0.1) is 11.3 Å². The topological polar surface area (TPSA) is 101 Å². The summed E-state index contributed by atoms with van der Waals surface area (Å²) in [5.41, 5.74) is 1.16. The molecule has 0 unspecified atom stereocenters. The summed E-state index contributed by atoms with van der Waals surface area (Å²) in [5, 5.41) is 22.7. The summed E-state index contributed by atoms with van der Waals surface area (Å²) in [6.07, 6.45) is 0.777. The molecular formula is C17H15N5O2S2. The van der Waals surface area contributed by atoms with E-state index in [9.17, 15) is 10.1 Å². The number of nitriles is 1. The fourth-order valence-electron chi connectivity index (χ4n) is 2.19. The van der Waals surface area contributed by atoms with Gasteiger partial charge in [0.2, 0.25) is 11.0 Å². The highest BCUT2D eigenvalue weighted by atomic mass is 32.2. The fourth-order valence-corrected chi connectivity index (χ4v) is 3.65. The van der Waals surface area contributed by atoms with Crippen molar-refractivity contribution >= 4 is 45.0 Å². The molecule has 1 amide bonds. The molecule has 0 aliphatic carbocycles. The van der Waals surface area contributed by atoms with Crippen LogP contribution in [0.2, 0.25) is 0 Å². The van der Waals surface area contributed by atoms with Crippen LogP contribution in [0.1, 0.15) is 17.5 Å². The van der Waals surface area contributed by atoms with Crippen molar-refractivity contribution < 1.29 is 9.53 Å². The van der Waals surface area contributed by atoms with E-state index in [4.69, 9.17) is 4.74 Å². The third-order valence-electron chi connectivity index (χ3n) is 3.46. The van der Waals surface area contributed by atoms with E-state index in [2.05, 4.69) is 26.6 Å². The van der Waals surface area contributed by atoms with Gasteiger partial charge in [-0.3, -0.25) is 10.1 Å². The molecule has 9 heteroatoms. The third-order valence-corrected chi connectivity index (χ3v) is 5.44. The standard InChI is InChI=1S/C17H15N5O2S2/c1-3-15-21-22-17(26-15)20-14(23)9-25-16-11(8-18)6-10-7-12(24-2)4-5-13(10)19-16/h4-7H,3,9H2,1-2H3,(H,20,22,23). The van der Waals surface area contributed by atoms with Crippen LogP contribution in [0.4, 0.5) is 5.13 Å². The molecule has 0 atom stereocenters. The molecule has 3 aromatic rings. The Hall–Kier alpha value is -2.70. The van der Waals surface area contributed by atoms with Crippen molar-refractivity contribution in [2.24, 2.45) is 0 Å². The normalized spacial score (nSPS) is 10.5. The van der Waals surface area contributed by atoms with E-state index in [1.54, 1.807) is 13.2 Å². The Balaban J connectivity index is 1.73. The lowest BCUT2D eigenvalue weighted by molar-refractivity contribution is -0.113. The van der Waals surface area contributed by atoms with Crippen molar-refractivity contribution in [3.05, 3.63) is 34.8 Å². The molecule has 0 spiro atoms. The van der Waals surface area contributed by atoms with Crippen LogP contribution in [0.15, 0.2) is 29.3 Å². The Morgan fingerprint density at radius 1 is 1.38 bits per heavy atom. The zero-order valence-corrected chi connectivity index (χ0v) is 15.8. The number of pyridine rings is 1. The minimum Gasteiger partial charge on any atom is -0.497 e. The third kappa shape index (κ3) is 4.09. The summed E-state index contributed by atoms with van der Waals surface area (Å²) >= 11 is 2.57. The molecule has 1 aromatic carbocycles. The number of ether oxygens (including phenoxy) is 1. The summed E-state index contributed by atoms with van der Waals surface area (Å²) in [6, 6.07) is 9.35. The largest absolute Gasteiger partial charge is 0.497 e. The average Bonchev–Trinajstić information content (AvgIpc) is 3.12. The number of thioether (sulfide) groups is 1. The maximum atomic E-state index is 12.1. The van der Waals surface area contributed by atoms with E-state index >= 15 is 0 Å². The van der Waals surface area contributed by atoms with E-state index in [0.29, 0.717) is 21.5 Å². The van der Waals surface area contributed by atoms with E-state index < -0.39 is 0 Å². The van der Waals surface area contributed by atoms with Gasteiger partial charge in [0.05, 0.1) is 23.9 Å². The molecule has 2 aromatic heterocycles. The van der Waals surface area contributed by atoms with Gasteiger partial charge in [-0.25, -0.2) is 4.98 Å². The SMILES string of the molecule is CCc1nnc(NC(=O)CSc2nc3ccc(OC)cc3cc2C#N)s1. The van der Waals surface area contributed by atoms with Crippen LogP contribution in [-0.4, -0.2) is 34.0 Å². The summed E-state index contributed by atoms with van der Waals surface area (Å²) in [6.45, 7) is 1.98. The number of hydrogen-bond donors (Lipinski definition) is 1. The number of carbonyl (C=O) groups excluding carboxylic acids is 1. The first-order valence-corrected chi connectivity index (χ1v) is 9.57. The number of benzene rings is 1. The Morgan fingerprint density at radius 2 is 2.23 bits per heavy atom. The van der Waals surface area contributed by atoms with Crippen LogP contribution in [0.5, 0.6) is 5.75 Å². The second-order valence-corrected chi connectivity index (χ2v) is 7.23. The van der Waals surface area contributed by atoms with Crippen molar-refractivity contribution in [2.75, 3.05) is 18.2 Å². The Labute approximate surface area is 158 Å². The molecule has 132 valence electrons. The zero-order chi connectivity index (χ0) is 18.5. The quantitative estimate of drug-likeness (QED) is 0.650. The summed E-state index contributed by atoms with van der Waals surface area (Å²) in [5.74, 6) is 0.616. The van der Waals surface area contributed by atoms with Crippen LogP contribution >= 0.6 is 23.1 Å². The molecule has 0 aliphatic rings. The molecule has 7 nitrogen and oxygen atoms in total. The lowest BCUT2D eigenvalue weighted by Crippen LogP contribution is -2.14. The van der Waals surface area contributed by atoms with Crippen LogP contribution in [-0.2, 0) is 11.2 Å². The molecule has 2 heterocycles. The van der Waals surface area contributed by atoms with Gasteiger partial charge in [-0.2, -0.15) is 5.26 Å². The maximum Gasteiger partial charge on any atom is 0.236 e. The predicted octanol–water partition coefficient (Wildman–Crippen LogP) is 3.26. The smallest absolute Gasteiger partial charge is 0.236 e. The molecule has 0 fully saturated rings. The lowest BCUT2D eigenvalue weighted by atomic mass is 10.1. The van der Waals surface area contributed by atoms with Gasteiger partial charge in [-0.15, -0.1) is 10.2 Å². The van der Waals surface area contributed by atoms with Crippen molar-refractivity contribution in [1.29, 1.82) is 5.26 Å². The van der Waals surface area contributed by atoms with Crippen molar-refractivity contribution in [1.82, 2.24) is 15.2 Å². The highest BCUT2D eigenvalue weighted by molar-refractivity contribution is 8.00. The van der Waals surface area contributed by atoms with Gasteiger partial charge >= 0.3 is 0 Å². The van der Waals surface area contributed by atoms with E-state index in [1.165, 1.54) is 23.1 Å². The van der Waals surface area contributed by atoms with E-state index in [0.717, 1.165) is 22.3 Å². The number of nitrogens with one attached hydrogen (secondary N) is 1. The molecule has 3 rings (SSSR count). The Morgan fingerprint density at radius 3 is 2.92 bits per heavy atom. The first-order valence-electron chi connectivity index (χ1n) is 7.77. The van der Waals surface area contributed by atoms with Gasteiger partial charge in [0.15, 0.2) is 0 Å². The minimum atomic E-state index is -0.214. The number of hydrogen-bond acceptors (Lipinski definition) is 8. The lowest BCUT2D eigenvalue weighted by Gasteiger charge is -2.07. The van der Waals surface area contributed by atoms with Crippen LogP contribution in [0.3, 0.4) is 0 Å². The molecule has 0 radical (unpaired) electrons. The minimum absolute atomic E-state index is 0.129. The maximum absolute atomic E-state index is 12.1. The molecule has 0 saturated carbocycles. The molecule has 1 N–H and O–H groups in total. The zero-order valence-electron chi connectivity index (χ0n) is 14.1. The summed E-state index contributed by atoms with van der Waals surface area (Å²) in [4.78, 5) is 16.6. The van der Waals surface area contributed by atoms with Gasteiger partial charge in [0, 0.05) is 5.39 Å². The number of methoxy groups -OCH3 is 1. The number of aromatic nitrogens is 3. The first kappa shape index (κ1) is 18.1. The highest BCUT2D eigenvalue weighted by Crippen LogP contribution is 2.27. The fraction of sp³-hybridized carbons (Fsp3) is 0.235. The van der Waals surface area contributed by atoms with Gasteiger partial charge in [-0.05, 0) is 30.7 Å². The number of amides is 1. The van der Waals surface area contributed by atoms with Crippen molar-refractivity contribution in [2.45, 2.75) is 18.4 Å². The van der Waals surface area contributed by atoms with E-state index in [-0.39, 0.29) is 11.7 Å². The van der Waals surface area contributed by atoms with E-state index in [1.807, 2.05) is 25.1 Å². The number of carbonyl (C=O) groups is 1. The van der Waals surface area contributed by atoms with Gasteiger partial charge in [0.1, 0.15) is 21.9 Å². The number of fused-ring (bicyclic) bond motifs is 1. The molecule has 0 bridgehead atoms. The van der Waals surface area contributed by atoms with Gasteiger partial charge < -0.3 is 4.74 Å². The van der Waals surface area contributed by atoms with Crippen LogP contribution in [0.25, 0.3) is 10.9 Å². The van der Waals surface area contributed by atoms with Crippen LogP contribution < -0.4 is 10.1 Å².